The first-order valence-corrected chi connectivity index (χ1v) is 14.4. The Hall–Kier alpha value is -3.03. The average molecular weight is 581 g/mol. The molecule has 0 aromatic rings. The topological polar surface area (TPSA) is 143 Å². The Bertz CT molecular complexity index is 866. The highest BCUT2D eigenvalue weighted by atomic mass is 16.6. The maximum Gasteiger partial charge on any atom is 0.333 e. The predicted octanol–water partition coefficient (Wildman–Crippen LogP) is -0.265. The fraction of sp³-hybridized carbons (Fsp3) is 0.750. The van der Waals surface area contributed by atoms with Crippen molar-refractivity contribution in [3.8, 4) is 0 Å². The molecule has 13 nitrogen and oxygen atoms in total. The zero-order chi connectivity index (χ0) is 29.7. The number of hydrogen-bond acceptors (Lipinski definition) is 12. The van der Waals surface area contributed by atoms with Crippen LogP contribution in [0.3, 0.4) is 0 Å². The second-order valence-corrected chi connectivity index (χ2v) is 11.0. The molecule has 230 valence electrons. The molecule has 0 unspecified atom stereocenters. The van der Waals surface area contributed by atoms with E-state index in [1.165, 1.54) is 6.92 Å². The van der Waals surface area contributed by atoms with Crippen LogP contribution in [0.15, 0.2) is 12.2 Å². The number of amides is 1. The summed E-state index contributed by atoms with van der Waals surface area (Å²) in [5, 5.41) is 2.68. The van der Waals surface area contributed by atoms with Crippen molar-refractivity contribution in [1.82, 2.24) is 20.0 Å². The Morgan fingerprint density at radius 2 is 1.10 bits per heavy atom. The van der Waals surface area contributed by atoms with Crippen molar-refractivity contribution in [1.29, 1.82) is 0 Å². The molecule has 0 aromatic carbocycles. The smallest absolute Gasteiger partial charge is 0.333 e. The van der Waals surface area contributed by atoms with E-state index in [0.717, 1.165) is 39.3 Å². The van der Waals surface area contributed by atoms with Crippen LogP contribution in [0.25, 0.3) is 0 Å². The van der Waals surface area contributed by atoms with E-state index in [4.69, 9.17) is 18.9 Å². The monoisotopic (exact) mass is 580 g/mol. The molecule has 3 fully saturated rings. The van der Waals surface area contributed by atoms with Gasteiger partial charge >= 0.3 is 23.9 Å². The molecule has 0 aliphatic carbocycles. The molecule has 3 rings (SSSR count). The molecule has 3 aliphatic heterocycles. The predicted molar refractivity (Wildman–Crippen MR) is 146 cm³/mol. The first kappa shape index (κ1) is 32.5. The van der Waals surface area contributed by atoms with Crippen molar-refractivity contribution in [3.63, 3.8) is 0 Å². The average Bonchev–Trinajstić information content (AvgIpc) is 3.80. The van der Waals surface area contributed by atoms with Gasteiger partial charge in [-0.2, -0.15) is 0 Å². The fourth-order valence-electron chi connectivity index (χ4n) is 3.81. The normalized spacial score (nSPS) is 16.4. The van der Waals surface area contributed by atoms with Crippen molar-refractivity contribution in [2.24, 2.45) is 5.41 Å². The third-order valence-corrected chi connectivity index (χ3v) is 7.02. The summed E-state index contributed by atoms with van der Waals surface area (Å²) in [4.78, 5) is 67.9. The minimum absolute atomic E-state index is 0.0134. The zero-order valence-corrected chi connectivity index (χ0v) is 24.2. The lowest BCUT2D eigenvalue weighted by Crippen LogP contribution is -2.41. The van der Waals surface area contributed by atoms with E-state index in [9.17, 15) is 24.0 Å². The first-order valence-electron chi connectivity index (χ1n) is 14.4. The minimum atomic E-state index is -1.11. The molecule has 3 saturated heterocycles. The van der Waals surface area contributed by atoms with Gasteiger partial charge in [-0.05, 0) is 13.3 Å². The minimum Gasteiger partial charge on any atom is -0.465 e. The summed E-state index contributed by atoms with van der Waals surface area (Å²) in [6.45, 7) is 12.2. The largest absolute Gasteiger partial charge is 0.465 e. The Morgan fingerprint density at radius 1 is 0.683 bits per heavy atom. The van der Waals surface area contributed by atoms with Gasteiger partial charge < -0.3 is 39.0 Å². The van der Waals surface area contributed by atoms with Gasteiger partial charge in [-0.15, -0.1) is 0 Å². The van der Waals surface area contributed by atoms with Gasteiger partial charge in [0.15, 0.2) is 0 Å². The van der Waals surface area contributed by atoms with E-state index in [1.807, 2.05) is 0 Å². The van der Waals surface area contributed by atoms with E-state index < -0.39 is 29.3 Å². The summed E-state index contributed by atoms with van der Waals surface area (Å²) in [6, 6.07) is 0. The second kappa shape index (κ2) is 16.4. The maximum atomic E-state index is 12.6. The van der Waals surface area contributed by atoms with Crippen molar-refractivity contribution < 1.29 is 42.9 Å². The molecule has 1 amide bonds. The summed E-state index contributed by atoms with van der Waals surface area (Å²) in [5.74, 6) is -2.11. The molecule has 0 spiro atoms. The van der Waals surface area contributed by atoms with Gasteiger partial charge in [0.05, 0.1) is 31.2 Å². The third kappa shape index (κ3) is 14.4. The van der Waals surface area contributed by atoms with Crippen LogP contribution in [0.4, 0.5) is 0 Å². The fourth-order valence-corrected chi connectivity index (χ4v) is 3.81. The van der Waals surface area contributed by atoms with Crippen LogP contribution in [0, 0.1) is 5.41 Å². The van der Waals surface area contributed by atoms with Crippen molar-refractivity contribution in [2.75, 3.05) is 91.9 Å². The summed E-state index contributed by atoms with van der Waals surface area (Å²) < 4.78 is 21.7. The SMILES string of the molecule is C=C(C)C(=O)OCCNC(=O)CCC(COC(=O)CCN1CC1)(COC(=O)CCN1CC1)COC(=O)CCN1CC1. The lowest BCUT2D eigenvalue weighted by Gasteiger charge is -2.32. The number of rotatable bonds is 22. The van der Waals surface area contributed by atoms with Crippen LogP contribution >= 0.6 is 0 Å². The highest BCUT2D eigenvalue weighted by Gasteiger charge is 2.37. The molecule has 0 atom stereocenters. The van der Waals surface area contributed by atoms with Crippen molar-refractivity contribution in [2.45, 2.75) is 39.0 Å². The Balaban J connectivity index is 1.58. The molecule has 1 N–H and O–H groups in total. The highest BCUT2D eigenvalue weighted by molar-refractivity contribution is 5.87. The third-order valence-electron chi connectivity index (χ3n) is 7.02. The van der Waals surface area contributed by atoms with Crippen molar-refractivity contribution >= 4 is 29.8 Å². The van der Waals surface area contributed by atoms with Crippen LogP contribution in [0.2, 0.25) is 0 Å². The van der Waals surface area contributed by atoms with Crippen LogP contribution in [-0.2, 0) is 42.9 Å². The van der Waals surface area contributed by atoms with Crippen LogP contribution < -0.4 is 5.32 Å². The van der Waals surface area contributed by atoms with Gasteiger partial charge in [0.1, 0.15) is 26.4 Å². The molecule has 3 heterocycles. The summed E-state index contributed by atoms with van der Waals surface area (Å²) in [6.07, 6.45) is 0.749. The molecular formula is C28H44N4O9. The van der Waals surface area contributed by atoms with Gasteiger partial charge in [-0.3, -0.25) is 19.2 Å². The maximum absolute atomic E-state index is 12.6. The number of hydrogen-bond donors (Lipinski definition) is 1. The van der Waals surface area contributed by atoms with E-state index in [-0.39, 0.29) is 76.6 Å². The molecule has 3 aliphatic rings. The Labute approximate surface area is 241 Å². The quantitative estimate of drug-likeness (QED) is 0.0592. The first-order chi connectivity index (χ1) is 19.6. The number of esters is 4. The van der Waals surface area contributed by atoms with Crippen LogP contribution in [-0.4, -0.2) is 136 Å². The molecule has 0 saturated carbocycles. The van der Waals surface area contributed by atoms with Gasteiger partial charge in [0, 0.05) is 70.9 Å². The van der Waals surface area contributed by atoms with Gasteiger partial charge in [0.25, 0.3) is 0 Å². The molecular weight excluding hydrogens is 536 g/mol. The lowest BCUT2D eigenvalue weighted by molar-refractivity contribution is -0.163. The standard InChI is InChI=1S/C28H44N4O9/c1-22(2)27(37)38-18-8-29-23(33)3-7-28(19-39-24(34)4-9-30-12-13-30,20-40-25(35)5-10-31-14-15-31)21-41-26(36)6-11-32-16-17-32/h1,3-21H2,2H3,(H,29,33). The highest BCUT2D eigenvalue weighted by Crippen LogP contribution is 2.27. The van der Waals surface area contributed by atoms with E-state index in [2.05, 4.69) is 26.6 Å². The number of nitrogens with one attached hydrogen (secondary N) is 1. The molecule has 0 radical (unpaired) electrons. The summed E-state index contributed by atoms with van der Waals surface area (Å²) in [7, 11) is 0. The molecule has 41 heavy (non-hydrogen) atoms. The van der Waals surface area contributed by atoms with Gasteiger partial charge in [0.2, 0.25) is 5.91 Å². The second-order valence-electron chi connectivity index (χ2n) is 11.0. The summed E-state index contributed by atoms with van der Waals surface area (Å²) in [5.41, 5.74) is -0.845. The van der Waals surface area contributed by atoms with Crippen LogP contribution in [0.1, 0.15) is 39.0 Å². The molecule has 0 bridgehead atoms. The molecule has 0 aromatic heterocycles. The number of carbonyl (C=O) groups is 5. The van der Waals surface area contributed by atoms with Gasteiger partial charge in [-0.25, -0.2) is 4.79 Å². The number of ether oxygens (including phenoxy) is 4. The summed E-state index contributed by atoms with van der Waals surface area (Å²) >= 11 is 0. The number of nitrogens with zero attached hydrogens (tertiary/aromatic N) is 3. The Kier molecular flexibility index (Phi) is 13.0. The Morgan fingerprint density at radius 3 is 1.46 bits per heavy atom. The number of carbonyl (C=O) groups excluding carboxylic acids is 5. The van der Waals surface area contributed by atoms with Gasteiger partial charge in [-0.1, -0.05) is 6.58 Å². The van der Waals surface area contributed by atoms with Crippen LogP contribution in [0.5, 0.6) is 0 Å². The van der Waals surface area contributed by atoms with Crippen molar-refractivity contribution in [3.05, 3.63) is 12.2 Å². The molecule has 13 heteroatoms. The van der Waals surface area contributed by atoms with E-state index in [0.29, 0.717) is 19.6 Å². The zero-order valence-electron chi connectivity index (χ0n) is 24.2. The van der Waals surface area contributed by atoms with E-state index in [1.54, 1.807) is 0 Å². The lowest BCUT2D eigenvalue weighted by atomic mass is 9.85. The van der Waals surface area contributed by atoms with E-state index >= 15 is 0 Å².